The second-order valence-corrected chi connectivity index (χ2v) is 10.6. The van der Waals surface area contributed by atoms with Gasteiger partial charge in [-0.25, -0.2) is 0 Å². The van der Waals surface area contributed by atoms with Crippen LogP contribution in [0.2, 0.25) is 0 Å². The summed E-state index contributed by atoms with van der Waals surface area (Å²) < 4.78 is 6.00. The lowest BCUT2D eigenvalue weighted by Gasteiger charge is -2.33. The normalized spacial score (nSPS) is 14.5. The average Bonchev–Trinajstić information content (AvgIpc) is 2.91. The maximum Gasteiger partial charge on any atom is 0.261 e. The third kappa shape index (κ3) is 7.70. The van der Waals surface area contributed by atoms with E-state index in [2.05, 4.69) is 11.4 Å². The fourth-order valence-corrected chi connectivity index (χ4v) is 5.29. The molecule has 4 rings (SSSR count). The van der Waals surface area contributed by atoms with Gasteiger partial charge in [0.1, 0.15) is 11.8 Å². The van der Waals surface area contributed by atoms with Crippen molar-refractivity contribution in [1.82, 2.24) is 10.2 Å². The number of benzene rings is 3. The summed E-state index contributed by atoms with van der Waals surface area (Å²) in [4.78, 5) is 29.4. The Morgan fingerprint density at radius 3 is 2.29 bits per heavy atom. The zero-order valence-electron chi connectivity index (χ0n) is 22.9. The Morgan fingerprint density at radius 2 is 1.58 bits per heavy atom. The van der Waals surface area contributed by atoms with Gasteiger partial charge in [0, 0.05) is 19.0 Å². The first-order chi connectivity index (χ1) is 18.4. The van der Waals surface area contributed by atoms with Crippen LogP contribution in [0.4, 0.5) is 0 Å². The highest BCUT2D eigenvalue weighted by atomic mass is 16.5. The SMILES string of the molecule is Cc1cccc(CN(C(=O)COc2ccc(C)cc2C)[C@@H](Cc2ccccc2)C(=O)NC2CCCCC2)c1. The Morgan fingerprint density at radius 1 is 0.868 bits per heavy atom. The first-order valence-electron chi connectivity index (χ1n) is 13.8. The third-order valence-corrected chi connectivity index (χ3v) is 7.34. The number of amides is 2. The molecule has 1 aliphatic rings. The quantitative estimate of drug-likeness (QED) is 0.358. The van der Waals surface area contributed by atoms with Crippen molar-refractivity contribution in [2.75, 3.05) is 6.61 Å². The molecule has 5 nitrogen and oxygen atoms in total. The molecule has 1 saturated carbocycles. The minimum absolute atomic E-state index is 0.0896. The van der Waals surface area contributed by atoms with Crippen LogP contribution in [0.1, 0.15) is 59.9 Å². The van der Waals surface area contributed by atoms with Crippen molar-refractivity contribution >= 4 is 11.8 Å². The van der Waals surface area contributed by atoms with Crippen molar-refractivity contribution in [1.29, 1.82) is 0 Å². The zero-order valence-corrected chi connectivity index (χ0v) is 22.9. The summed E-state index contributed by atoms with van der Waals surface area (Å²) >= 11 is 0. The van der Waals surface area contributed by atoms with E-state index in [-0.39, 0.29) is 24.5 Å². The molecule has 38 heavy (non-hydrogen) atoms. The molecule has 0 radical (unpaired) electrons. The molecule has 200 valence electrons. The Hall–Kier alpha value is -3.60. The fourth-order valence-electron chi connectivity index (χ4n) is 5.29. The molecule has 0 spiro atoms. The van der Waals surface area contributed by atoms with Crippen LogP contribution in [-0.2, 0) is 22.6 Å². The molecule has 3 aromatic carbocycles. The van der Waals surface area contributed by atoms with Gasteiger partial charge in [-0.05, 0) is 56.4 Å². The van der Waals surface area contributed by atoms with E-state index in [1.54, 1.807) is 4.90 Å². The monoisotopic (exact) mass is 512 g/mol. The van der Waals surface area contributed by atoms with E-state index < -0.39 is 6.04 Å². The minimum Gasteiger partial charge on any atom is -0.483 e. The maximum atomic E-state index is 13.8. The highest BCUT2D eigenvalue weighted by Crippen LogP contribution is 2.22. The van der Waals surface area contributed by atoms with Crippen LogP contribution < -0.4 is 10.1 Å². The summed E-state index contributed by atoms with van der Waals surface area (Å²) in [6.07, 6.45) is 5.90. The number of aryl methyl sites for hydroxylation is 3. The van der Waals surface area contributed by atoms with Crippen LogP contribution in [0.15, 0.2) is 72.8 Å². The van der Waals surface area contributed by atoms with E-state index in [0.29, 0.717) is 18.7 Å². The third-order valence-electron chi connectivity index (χ3n) is 7.34. The van der Waals surface area contributed by atoms with Gasteiger partial charge in [-0.15, -0.1) is 0 Å². The Labute approximate surface area is 227 Å². The zero-order chi connectivity index (χ0) is 26.9. The molecule has 1 N–H and O–H groups in total. The van der Waals surface area contributed by atoms with Gasteiger partial charge in [0.05, 0.1) is 0 Å². The summed E-state index contributed by atoms with van der Waals surface area (Å²) in [7, 11) is 0. The van der Waals surface area contributed by atoms with Gasteiger partial charge >= 0.3 is 0 Å². The number of nitrogens with zero attached hydrogens (tertiary/aromatic N) is 1. The summed E-state index contributed by atoms with van der Waals surface area (Å²) in [5, 5.41) is 3.29. The van der Waals surface area contributed by atoms with Gasteiger partial charge in [0.25, 0.3) is 5.91 Å². The topological polar surface area (TPSA) is 58.6 Å². The molecule has 0 unspecified atom stereocenters. The molecule has 0 saturated heterocycles. The van der Waals surface area contributed by atoms with Gasteiger partial charge in [-0.2, -0.15) is 0 Å². The molecular weight excluding hydrogens is 472 g/mol. The first-order valence-corrected chi connectivity index (χ1v) is 13.8. The molecule has 5 heteroatoms. The molecule has 1 atom stereocenters. The summed E-state index contributed by atoms with van der Waals surface area (Å²) in [5.41, 5.74) is 5.26. The van der Waals surface area contributed by atoms with Gasteiger partial charge < -0.3 is 15.0 Å². The van der Waals surface area contributed by atoms with Gasteiger partial charge in [-0.1, -0.05) is 97.1 Å². The van der Waals surface area contributed by atoms with Crippen molar-refractivity contribution in [3.63, 3.8) is 0 Å². The molecule has 0 aliphatic heterocycles. The van der Waals surface area contributed by atoms with Crippen LogP contribution >= 0.6 is 0 Å². The first kappa shape index (κ1) is 27.4. The van der Waals surface area contributed by atoms with Crippen molar-refractivity contribution in [2.45, 2.75) is 77.9 Å². The number of hydrogen-bond donors (Lipinski definition) is 1. The Bertz CT molecular complexity index is 1220. The smallest absolute Gasteiger partial charge is 0.261 e. The fraction of sp³-hybridized carbons (Fsp3) is 0.394. The van der Waals surface area contributed by atoms with Crippen molar-refractivity contribution in [3.8, 4) is 5.75 Å². The number of carbonyl (C=O) groups excluding carboxylic acids is 2. The van der Waals surface area contributed by atoms with Crippen LogP contribution in [0.25, 0.3) is 0 Å². The lowest BCUT2D eigenvalue weighted by Crippen LogP contribution is -2.53. The highest BCUT2D eigenvalue weighted by molar-refractivity contribution is 5.88. The van der Waals surface area contributed by atoms with E-state index in [0.717, 1.165) is 53.5 Å². The second-order valence-electron chi connectivity index (χ2n) is 10.6. The Balaban J connectivity index is 1.62. The maximum absolute atomic E-state index is 13.8. The van der Waals surface area contributed by atoms with Crippen LogP contribution in [0.3, 0.4) is 0 Å². The average molecular weight is 513 g/mol. The van der Waals surface area contributed by atoms with Crippen molar-refractivity contribution in [2.24, 2.45) is 0 Å². The molecule has 1 fully saturated rings. The van der Waals surface area contributed by atoms with E-state index in [1.807, 2.05) is 87.5 Å². The van der Waals surface area contributed by atoms with Crippen molar-refractivity contribution < 1.29 is 14.3 Å². The lowest BCUT2D eigenvalue weighted by atomic mass is 9.94. The van der Waals surface area contributed by atoms with Crippen LogP contribution in [0, 0.1) is 20.8 Å². The summed E-state index contributed by atoms with van der Waals surface area (Å²) in [6.45, 7) is 6.26. The number of carbonyl (C=O) groups is 2. The number of rotatable bonds is 10. The molecule has 0 heterocycles. The van der Waals surface area contributed by atoms with E-state index in [1.165, 1.54) is 6.42 Å². The van der Waals surface area contributed by atoms with Gasteiger partial charge in [-0.3, -0.25) is 9.59 Å². The van der Waals surface area contributed by atoms with Gasteiger partial charge in [0.15, 0.2) is 6.61 Å². The lowest BCUT2D eigenvalue weighted by molar-refractivity contribution is -0.143. The Kier molecular flexibility index (Phi) is 9.58. The second kappa shape index (κ2) is 13.3. The highest BCUT2D eigenvalue weighted by Gasteiger charge is 2.32. The molecule has 0 aromatic heterocycles. The van der Waals surface area contributed by atoms with E-state index in [4.69, 9.17) is 4.74 Å². The van der Waals surface area contributed by atoms with Crippen LogP contribution in [-0.4, -0.2) is 35.4 Å². The van der Waals surface area contributed by atoms with Crippen LogP contribution in [0.5, 0.6) is 5.75 Å². The molecule has 2 amide bonds. The van der Waals surface area contributed by atoms with Gasteiger partial charge in [0.2, 0.25) is 5.91 Å². The number of ether oxygens (including phenoxy) is 1. The van der Waals surface area contributed by atoms with E-state index >= 15 is 0 Å². The molecule has 0 bridgehead atoms. The largest absolute Gasteiger partial charge is 0.483 e. The molecule has 1 aliphatic carbocycles. The number of nitrogens with one attached hydrogen (secondary N) is 1. The molecular formula is C33H40N2O3. The van der Waals surface area contributed by atoms with Crippen molar-refractivity contribution in [3.05, 3.63) is 101 Å². The number of hydrogen-bond acceptors (Lipinski definition) is 3. The molecule has 3 aromatic rings. The summed E-state index contributed by atoms with van der Waals surface area (Å²) in [6, 6.07) is 23.5. The standard InChI is InChI=1S/C33H40N2O3/c1-24-11-10-14-28(20-24)22-35(32(36)23-38-31-18-17-25(2)19-26(31)3)30(21-27-12-6-4-7-13-27)33(37)34-29-15-8-5-9-16-29/h4,6-7,10-14,17-20,29-30H,5,8-9,15-16,21-23H2,1-3H3,(H,34,37)/t30-/m0/s1. The summed E-state index contributed by atoms with van der Waals surface area (Å²) in [5.74, 6) is 0.394. The predicted octanol–water partition coefficient (Wildman–Crippen LogP) is 6.08. The van der Waals surface area contributed by atoms with E-state index in [9.17, 15) is 9.59 Å². The predicted molar refractivity (Wildman–Crippen MR) is 152 cm³/mol. The minimum atomic E-state index is -0.643.